The molecule has 3 N–H and O–H groups in total. The molecule has 5 heteroatoms. The van der Waals surface area contributed by atoms with Crippen LogP contribution in [0.5, 0.6) is 5.75 Å². The third kappa shape index (κ3) is 3.42. The Bertz CT molecular complexity index is 539. The number of nitrogens with zero attached hydrogens (tertiary/aromatic N) is 1. The number of benzene rings is 1. The molecule has 5 nitrogen and oxygen atoms in total. The third-order valence-electron chi connectivity index (χ3n) is 4.84. The maximum absolute atomic E-state index is 11.0. The van der Waals surface area contributed by atoms with Gasteiger partial charge in [-0.15, -0.1) is 0 Å². The van der Waals surface area contributed by atoms with Gasteiger partial charge in [-0.05, 0) is 55.5 Å². The average Bonchev–Trinajstić information content (AvgIpc) is 3.00. The second-order valence-electron chi connectivity index (χ2n) is 6.32. The van der Waals surface area contributed by atoms with Crippen molar-refractivity contribution in [2.45, 2.75) is 31.8 Å². The molecular formula is C17H24N2O3. The molecule has 0 aromatic heterocycles. The van der Waals surface area contributed by atoms with Crippen molar-refractivity contribution in [1.29, 1.82) is 0 Å². The summed E-state index contributed by atoms with van der Waals surface area (Å²) in [5, 5.41) is 9.73. The van der Waals surface area contributed by atoms with Crippen LogP contribution in [0.15, 0.2) is 18.2 Å². The van der Waals surface area contributed by atoms with Gasteiger partial charge in [-0.3, -0.25) is 4.79 Å². The lowest BCUT2D eigenvalue weighted by Gasteiger charge is -2.33. The molecule has 22 heavy (non-hydrogen) atoms. The van der Waals surface area contributed by atoms with Crippen LogP contribution < -0.4 is 10.5 Å². The van der Waals surface area contributed by atoms with Crippen molar-refractivity contribution in [1.82, 2.24) is 4.90 Å². The lowest BCUT2D eigenvalue weighted by Crippen LogP contribution is -2.43. The predicted molar refractivity (Wildman–Crippen MR) is 83.7 cm³/mol. The zero-order valence-corrected chi connectivity index (χ0v) is 12.8. The largest absolute Gasteiger partial charge is 0.493 e. The summed E-state index contributed by atoms with van der Waals surface area (Å²) in [6.45, 7) is 3.65. The molecule has 0 aliphatic carbocycles. The molecule has 0 unspecified atom stereocenters. The highest BCUT2D eigenvalue weighted by atomic mass is 16.5. The number of likely N-dealkylation sites (tertiary alicyclic amines) is 1. The number of aliphatic hydroxyl groups is 1. The van der Waals surface area contributed by atoms with Crippen LogP contribution in [0.25, 0.3) is 0 Å². The number of fused-ring (bicyclic) bond motifs is 1. The van der Waals surface area contributed by atoms with E-state index >= 15 is 0 Å². The van der Waals surface area contributed by atoms with Crippen molar-refractivity contribution in [3.63, 3.8) is 0 Å². The number of ether oxygens (including phenoxy) is 1. The van der Waals surface area contributed by atoms with E-state index in [-0.39, 0.29) is 5.92 Å². The maximum atomic E-state index is 11.0. The van der Waals surface area contributed by atoms with Crippen LogP contribution in [0.2, 0.25) is 0 Å². The first-order chi connectivity index (χ1) is 10.6. The van der Waals surface area contributed by atoms with Crippen LogP contribution in [-0.2, 0) is 17.6 Å². The van der Waals surface area contributed by atoms with Gasteiger partial charge in [-0.2, -0.15) is 0 Å². The van der Waals surface area contributed by atoms with Gasteiger partial charge in [0.2, 0.25) is 5.91 Å². The fraction of sp³-hybridized carbons (Fsp3) is 0.588. The molecule has 1 saturated heterocycles. The lowest BCUT2D eigenvalue weighted by atomic mass is 9.90. The predicted octanol–water partition coefficient (Wildman–Crippen LogP) is 0.722. The molecule has 1 aromatic carbocycles. The SMILES string of the molecule is NC(=O)[C@@H](O)C1CCN(CCc2ccc3c(c2)CCO3)CC1. The zero-order valence-electron chi connectivity index (χ0n) is 12.8. The molecule has 3 rings (SSSR count). The second kappa shape index (κ2) is 6.67. The molecule has 2 aliphatic rings. The molecule has 1 amide bonds. The van der Waals surface area contributed by atoms with E-state index in [1.54, 1.807) is 0 Å². The van der Waals surface area contributed by atoms with Crippen molar-refractivity contribution >= 4 is 5.91 Å². The molecule has 0 radical (unpaired) electrons. The van der Waals surface area contributed by atoms with Gasteiger partial charge in [-0.25, -0.2) is 0 Å². The summed E-state index contributed by atoms with van der Waals surface area (Å²) in [7, 11) is 0. The number of nitrogens with two attached hydrogens (primary N) is 1. The van der Waals surface area contributed by atoms with Gasteiger partial charge in [-0.1, -0.05) is 12.1 Å². The van der Waals surface area contributed by atoms with Gasteiger partial charge in [0.25, 0.3) is 0 Å². The number of carbonyl (C=O) groups is 1. The number of aliphatic hydroxyl groups excluding tert-OH is 1. The van der Waals surface area contributed by atoms with Crippen LogP contribution >= 0.6 is 0 Å². The fourth-order valence-electron chi connectivity index (χ4n) is 3.41. The number of piperidine rings is 1. The van der Waals surface area contributed by atoms with E-state index in [1.807, 2.05) is 0 Å². The quantitative estimate of drug-likeness (QED) is 0.840. The maximum Gasteiger partial charge on any atom is 0.246 e. The van der Waals surface area contributed by atoms with E-state index in [0.717, 1.165) is 57.7 Å². The Hall–Kier alpha value is -1.59. The number of hydrogen-bond donors (Lipinski definition) is 2. The Balaban J connectivity index is 1.46. The van der Waals surface area contributed by atoms with Crippen LogP contribution in [0.1, 0.15) is 24.0 Å². The van der Waals surface area contributed by atoms with Crippen molar-refractivity contribution in [3.8, 4) is 5.75 Å². The molecule has 0 spiro atoms. The van der Waals surface area contributed by atoms with E-state index in [4.69, 9.17) is 10.5 Å². The molecule has 1 fully saturated rings. The highest BCUT2D eigenvalue weighted by molar-refractivity contribution is 5.78. The van der Waals surface area contributed by atoms with Gasteiger partial charge in [0.05, 0.1) is 6.61 Å². The van der Waals surface area contributed by atoms with E-state index in [1.165, 1.54) is 11.1 Å². The Kier molecular flexibility index (Phi) is 4.64. The molecule has 120 valence electrons. The van der Waals surface area contributed by atoms with Crippen LogP contribution in [0.4, 0.5) is 0 Å². The smallest absolute Gasteiger partial charge is 0.246 e. The van der Waals surface area contributed by atoms with Crippen LogP contribution in [0.3, 0.4) is 0 Å². The summed E-state index contributed by atoms with van der Waals surface area (Å²) in [5.74, 6) is 0.453. The van der Waals surface area contributed by atoms with Crippen LogP contribution in [0, 0.1) is 5.92 Å². The van der Waals surface area contributed by atoms with Gasteiger partial charge in [0, 0.05) is 13.0 Å². The highest BCUT2D eigenvalue weighted by Gasteiger charge is 2.28. The van der Waals surface area contributed by atoms with E-state index in [0.29, 0.717) is 0 Å². The molecule has 1 aromatic rings. The van der Waals surface area contributed by atoms with Crippen LogP contribution in [-0.4, -0.2) is 48.3 Å². The highest BCUT2D eigenvalue weighted by Crippen LogP contribution is 2.26. The van der Waals surface area contributed by atoms with E-state index in [2.05, 4.69) is 23.1 Å². The van der Waals surface area contributed by atoms with Crippen molar-refractivity contribution < 1.29 is 14.6 Å². The topological polar surface area (TPSA) is 75.8 Å². The van der Waals surface area contributed by atoms with Gasteiger partial charge < -0.3 is 20.5 Å². The number of primary amides is 1. The van der Waals surface area contributed by atoms with Crippen molar-refractivity contribution in [2.75, 3.05) is 26.2 Å². The fourth-order valence-corrected chi connectivity index (χ4v) is 3.41. The molecule has 0 bridgehead atoms. The Morgan fingerprint density at radius 2 is 2.18 bits per heavy atom. The standard InChI is InChI=1S/C17H24N2O3/c18-17(21)16(20)13-4-8-19(9-5-13)7-3-12-1-2-15-14(11-12)6-10-22-15/h1-2,11,13,16,20H,3-10H2,(H2,18,21)/t16-/m0/s1. The third-order valence-corrected chi connectivity index (χ3v) is 4.84. The Labute approximate surface area is 131 Å². The first-order valence-corrected chi connectivity index (χ1v) is 8.08. The number of hydrogen-bond acceptors (Lipinski definition) is 4. The van der Waals surface area contributed by atoms with E-state index in [9.17, 15) is 9.90 Å². The Morgan fingerprint density at radius 3 is 2.91 bits per heavy atom. The van der Waals surface area contributed by atoms with Crippen molar-refractivity contribution in [3.05, 3.63) is 29.3 Å². The minimum atomic E-state index is -0.987. The minimum absolute atomic E-state index is 0.0193. The first kappa shape index (κ1) is 15.3. The lowest BCUT2D eigenvalue weighted by molar-refractivity contribution is -0.129. The summed E-state index contributed by atoms with van der Waals surface area (Å²) < 4.78 is 5.53. The minimum Gasteiger partial charge on any atom is -0.493 e. The molecular weight excluding hydrogens is 280 g/mol. The summed E-state index contributed by atoms with van der Waals surface area (Å²) in [4.78, 5) is 13.4. The molecule has 2 heterocycles. The molecule has 0 saturated carbocycles. The Morgan fingerprint density at radius 1 is 1.41 bits per heavy atom. The van der Waals surface area contributed by atoms with Gasteiger partial charge >= 0.3 is 0 Å². The summed E-state index contributed by atoms with van der Waals surface area (Å²) >= 11 is 0. The number of carbonyl (C=O) groups excluding carboxylic acids is 1. The molecule has 2 aliphatic heterocycles. The van der Waals surface area contributed by atoms with Gasteiger partial charge in [0.15, 0.2) is 0 Å². The second-order valence-corrected chi connectivity index (χ2v) is 6.32. The first-order valence-electron chi connectivity index (χ1n) is 8.08. The summed E-state index contributed by atoms with van der Waals surface area (Å²) in [6, 6.07) is 6.48. The number of rotatable bonds is 5. The normalized spacial score (nSPS) is 20.4. The average molecular weight is 304 g/mol. The summed E-state index contributed by atoms with van der Waals surface area (Å²) in [6.07, 6.45) is 2.72. The molecule has 1 atom stereocenters. The monoisotopic (exact) mass is 304 g/mol. The van der Waals surface area contributed by atoms with Crippen molar-refractivity contribution in [2.24, 2.45) is 11.7 Å². The van der Waals surface area contributed by atoms with E-state index < -0.39 is 12.0 Å². The van der Waals surface area contributed by atoms with Gasteiger partial charge in [0.1, 0.15) is 11.9 Å². The summed E-state index contributed by atoms with van der Waals surface area (Å²) in [5.41, 5.74) is 7.84. The zero-order chi connectivity index (χ0) is 15.5. The number of amides is 1.